The average molecular weight is 235 g/mol. The molecule has 1 saturated carbocycles. The predicted molar refractivity (Wildman–Crippen MR) is 60.6 cm³/mol. The van der Waals surface area contributed by atoms with Crippen LogP contribution in [-0.4, -0.2) is 42.2 Å². The van der Waals surface area contributed by atoms with E-state index in [1.165, 1.54) is 6.42 Å². The molecular weight excluding hydrogens is 212 g/mol. The summed E-state index contributed by atoms with van der Waals surface area (Å²) >= 11 is 0. The molecule has 4 heteroatoms. The molecule has 16 heavy (non-hydrogen) atoms. The average Bonchev–Trinajstić information content (AvgIpc) is 2.14. The lowest BCUT2D eigenvalue weighted by Gasteiger charge is -2.38. The van der Waals surface area contributed by atoms with Crippen LogP contribution < -0.4 is 0 Å². The Morgan fingerprint density at radius 2 is 1.75 bits per heavy atom. The molecule has 0 aromatic rings. The van der Waals surface area contributed by atoms with Gasteiger partial charge in [0.25, 0.3) is 6.43 Å². The van der Waals surface area contributed by atoms with Gasteiger partial charge in [0.1, 0.15) is 0 Å². The highest BCUT2D eigenvalue weighted by Gasteiger charge is 2.29. The van der Waals surface area contributed by atoms with Crippen LogP contribution in [0.1, 0.15) is 33.1 Å². The quantitative estimate of drug-likeness (QED) is 0.791. The summed E-state index contributed by atoms with van der Waals surface area (Å²) in [6.45, 7) is 4.50. The molecule has 0 aromatic heterocycles. The molecule has 0 amide bonds. The van der Waals surface area contributed by atoms with Crippen molar-refractivity contribution in [1.82, 2.24) is 4.90 Å². The van der Waals surface area contributed by atoms with Crippen molar-refractivity contribution in [3.8, 4) is 0 Å². The van der Waals surface area contributed by atoms with E-state index in [0.29, 0.717) is 18.4 Å². The number of halogens is 2. The van der Waals surface area contributed by atoms with E-state index in [1.54, 1.807) is 4.90 Å². The third-order valence-corrected chi connectivity index (χ3v) is 3.43. The van der Waals surface area contributed by atoms with E-state index in [-0.39, 0.29) is 19.2 Å². The molecule has 1 rings (SSSR count). The summed E-state index contributed by atoms with van der Waals surface area (Å²) in [7, 11) is 0. The molecule has 1 fully saturated rings. The Morgan fingerprint density at radius 1 is 1.19 bits per heavy atom. The third kappa shape index (κ3) is 4.34. The fourth-order valence-corrected chi connectivity index (χ4v) is 2.93. The zero-order chi connectivity index (χ0) is 12.1. The standard InChI is InChI=1S/C12H23F2NO/c1-9-5-10(2)7-11(6-9)15(3-4-16)8-12(13)14/h9-12,16H,3-8H2,1-2H3. The van der Waals surface area contributed by atoms with Crippen molar-refractivity contribution in [3.05, 3.63) is 0 Å². The van der Waals surface area contributed by atoms with Crippen molar-refractivity contribution in [3.63, 3.8) is 0 Å². The van der Waals surface area contributed by atoms with E-state index in [2.05, 4.69) is 13.8 Å². The minimum absolute atomic E-state index is 0.0357. The minimum atomic E-state index is -2.31. The smallest absolute Gasteiger partial charge is 0.251 e. The van der Waals surface area contributed by atoms with Crippen LogP contribution in [0.25, 0.3) is 0 Å². The molecule has 0 heterocycles. The highest BCUT2D eigenvalue weighted by Crippen LogP contribution is 2.31. The van der Waals surface area contributed by atoms with Gasteiger partial charge in [-0.2, -0.15) is 0 Å². The number of hydrogen-bond acceptors (Lipinski definition) is 2. The predicted octanol–water partition coefficient (Wildman–Crippen LogP) is 2.37. The maximum Gasteiger partial charge on any atom is 0.251 e. The van der Waals surface area contributed by atoms with E-state index in [1.807, 2.05) is 0 Å². The van der Waals surface area contributed by atoms with Crippen LogP contribution in [0.3, 0.4) is 0 Å². The van der Waals surface area contributed by atoms with Crippen molar-refractivity contribution >= 4 is 0 Å². The summed E-state index contributed by atoms with van der Waals surface area (Å²) in [6, 6.07) is 0.222. The summed E-state index contributed by atoms with van der Waals surface area (Å²) < 4.78 is 24.9. The van der Waals surface area contributed by atoms with Crippen LogP contribution in [0.15, 0.2) is 0 Å². The summed E-state index contributed by atoms with van der Waals surface area (Å²) in [5.74, 6) is 1.21. The zero-order valence-electron chi connectivity index (χ0n) is 10.2. The van der Waals surface area contributed by atoms with Gasteiger partial charge in [-0.25, -0.2) is 8.78 Å². The molecule has 2 atom stereocenters. The van der Waals surface area contributed by atoms with E-state index in [0.717, 1.165) is 12.8 Å². The first kappa shape index (κ1) is 13.8. The third-order valence-electron chi connectivity index (χ3n) is 3.43. The van der Waals surface area contributed by atoms with Gasteiger partial charge in [-0.1, -0.05) is 13.8 Å². The number of aliphatic hydroxyl groups excluding tert-OH is 1. The molecule has 0 radical (unpaired) electrons. The monoisotopic (exact) mass is 235 g/mol. The first-order chi connectivity index (χ1) is 7.52. The molecule has 2 nitrogen and oxygen atoms in total. The first-order valence-electron chi connectivity index (χ1n) is 6.16. The minimum Gasteiger partial charge on any atom is -0.395 e. The summed E-state index contributed by atoms with van der Waals surface area (Å²) in [5, 5.41) is 8.93. The van der Waals surface area contributed by atoms with Gasteiger partial charge >= 0.3 is 0 Å². The van der Waals surface area contributed by atoms with Crippen LogP contribution in [-0.2, 0) is 0 Å². The van der Waals surface area contributed by atoms with Crippen LogP contribution in [0.5, 0.6) is 0 Å². The van der Waals surface area contributed by atoms with E-state index in [4.69, 9.17) is 5.11 Å². The van der Waals surface area contributed by atoms with Crippen LogP contribution in [0.4, 0.5) is 8.78 Å². The highest BCUT2D eigenvalue weighted by atomic mass is 19.3. The Labute approximate surface area is 96.6 Å². The second-order valence-electron chi connectivity index (χ2n) is 5.18. The molecule has 0 aromatic carbocycles. The van der Waals surface area contributed by atoms with Crippen molar-refractivity contribution in [2.45, 2.75) is 45.6 Å². The summed E-state index contributed by atoms with van der Waals surface area (Å²) in [5.41, 5.74) is 0. The number of aliphatic hydroxyl groups is 1. The highest BCUT2D eigenvalue weighted by molar-refractivity contribution is 4.82. The lowest BCUT2D eigenvalue weighted by molar-refractivity contribution is 0.0295. The van der Waals surface area contributed by atoms with Crippen LogP contribution in [0.2, 0.25) is 0 Å². The maximum atomic E-state index is 12.4. The molecule has 1 N–H and O–H groups in total. The fourth-order valence-electron chi connectivity index (χ4n) is 2.93. The van der Waals surface area contributed by atoms with Gasteiger partial charge in [-0.15, -0.1) is 0 Å². The number of rotatable bonds is 5. The Balaban J connectivity index is 2.54. The molecule has 0 saturated heterocycles. The van der Waals surface area contributed by atoms with Crippen LogP contribution in [0, 0.1) is 11.8 Å². The molecule has 1 aliphatic carbocycles. The van der Waals surface area contributed by atoms with Gasteiger partial charge in [0, 0.05) is 12.6 Å². The molecular formula is C12H23F2NO. The molecule has 0 aliphatic heterocycles. The Kier molecular flexibility index (Phi) is 5.62. The lowest BCUT2D eigenvalue weighted by Crippen LogP contribution is -2.44. The van der Waals surface area contributed by atoms with Crippen molar-refractivity contribution < 1.29 is 13.9 Å². The van der Waals surface area contributed by atoms with Crippen molar-refractivity contribution in [2.24, 2.45) is 11.8 Å². The van der Waals surface area contributed by atoms with Gasteiger partial charge < -0.3 is 5.11 Å². The van der Waals surface area contributed by atoms with E-state index >= 15 is 0 Å². The first-order valence-corrected chi connectivity index (χ1v) is 6.16. The van der Waals surface area contributed by atoms with E-state index < -0.39 is 6.43 Å². The van der Waals surface area contributed by atoms with Crippen molar-refractivity contribution in [1.29, 1.82) is 0 Å². The lowest BCUT2D eigenvalue weighted by atomic mass is 9.80. The van der Waals surface area contributed by atoms with E-state index in [9.17, 15) is 8.78 Å². The Hall–Kier alpha value is -0.220. The van der Waals surface area contributed by atoms with Gasteiger partial charge in [-0.3, -0.25) is 4.90 Å². The molecule has 96 valence electrons. The van der Waals surface area contributed by atoms with Gasteiger partial charge in [0.15, 0.2) is 0 Å². The largest absolute Gasteiger partial charge is 0.395 e. The van der Waals surface area contributed by atoms with Gasteiger partial charge in [0.2, 0.25) is 0 Å². The molecule has 0 spiro atoms. The summed E-state index contributed by atoms with van der Waals surface area (Å²) in [6.07, 6.45) is 0.853. The van der Waals surface area contributed by atoms with Crippen molar-refractivity contribution in [2.75, 3.05) is 19.7 Å². The number of hydrogen-bond donors (Lipinski definition) is 1. The second kappa shape index (κ2) is 6.50. The number of nitrogens with zero attached hydrogens (tertiary/aromatic N) is 1. The number of alkyl halides is 2. The van der Waals surface area contributed by atoms with Gasteiger partial charge in [0.05, 0.1) is 13.2 Å². The zero-order valence-corrected chi connectivity index (χ0v) is 10.2. The molecule has 0 bridgehead atoms. The second-order valence-corrected chi connectivity index (χ2v) is 5.18. The topological polar surface area (TPSA) is 23.5 Å². The maximum absolute atomic E-state index is 12.4. The van der Waals surface area contributed by atoms with Crippen LogP contribution >= 0.6 is 0 Å². The Bertz CT molecular complexity index is 189. The normalized spacial score (nSPS) is 31.3. The SMILES string of the molecule is CC1CC(C)CC(N(CCO)CC(F)F)C1. The Morgan fingerprint density at radius 3 is 2.19 bits per heavy atom. The molecule has 1 aliphatic rings. The summed E-state index contributed by atoms with van der Waals surface area (Å²) in [4.78, 5) is 1.76. The molecule has 2 unspecified atom stereocenters. The van der Waals surface area contributed by atoms with Gasteiger partial charge in [-0.05, 0) is 31.1 Å². The fraction of sp³-hybridized carbons (Fsp3) is 1.00.